The molecule has 0 fully saturated rings. The highest BCUT2D eigenvalue weighted by molar-refractivity contribution is 5.84. The van der Waals surface area contributed by atoms with Gasteiger partial charge in [-0.05, 0) is 45.4 Å². The van der Waals surface area contributed by atoms with Crippen LogP contribution in [0.2, 0.25) is 0 Å². The van der Waals surface area contributed by atoms with Gasteiger partial charge in [-0.25, -0.2) is 9.36 Å². The molecule has 0 bridgehead atoms. The lowest BCUT2D eigenvalue weighted by Crippen LogP contribution is -2.41. The lowest BCUT2D eigenvalue weighted by atomic mass is 10.1. The Morgan fingerprint density at radius 2 is 1.16 bits per heavy atom. The maximum Gasteiger partial charge on any atom is 0.328 e. The number of unbranched alkanes of at least 4 members (excludes halogenated alkanes) is 16. The zero-order valence-electron chi connectivity index (χ0n) is 27.7. The van der Waals surface area contributed by atoms with E-state index in [1.165, 1.54) is 77.0 Å². The van der Waals surface area contributed by atoms with Gasteiger partial charge in [0, 0.05) is 37.9 Å². The lowest BCUT2D eigenvalue weighted by molar-refractivity contribution is -0.697. The largest absolute Gasteiger partial charge is 0.464 e. The van der Waals surface area contributed by atoms with E-state index in [-0.39, 0.29) is 17.8 Å². The van der Waals surface area contributed by atoms with Crippen molar-refractivity contribution in [2.24, 2.45) is 0 Å². The monoisotopic (exact) mass is 602 g/mol. The van der Waals surface area contributed by atoms with Crippen molar-refractivity contribution < 1.29 is 23.7 Å². The Kier molecular flexibility index (Phi) is 25.4. The molecular formula is C36H64N3O4+. The molecule has 2 N–H and O–H groups in total. The standard InChI is InChI=1S/C36H63N3O4/c1-3-5-6-7-8-9-12-15-19-27-34(40)37-29-22-21-26-33(36(42)43-4-2)38-35(41)28-20-16-13-10-11-14-17-23-30-39-31-24-18-25-32-39/h18,24-25,31-33H,3-17,19-23,26-30H2,1-2H3,(H-,37,38,40,41)/p+1/t33-/m0/s1. The van der Waals surface area contributed by atoms with Crippen molar-refractivity contribution in [2.45, 2.75) is 168 Å². The van der Waals surface area contributed by atoms with E-state index in [9.17, 15) is 14.4 Å². The molecule has 1 aromatic rings. The van der Waals surface area contributed by atoms with E-state index < -0.39 is 6.04 Å². The highest BCUT2D eigenvalue weighted by Gasteiger charge is 2.21. The van der Waals surface area contributed by atoms with Crippen LogP contribution in [0.1, 0.15) is 155 Å². The van der Waals surface area contributed by atoms with Crippen LogP contribution in [0.15, 0.2) is 30.6 Å². The van der Waals surface area contributed by atoms with Crippen molar-refractivity contribution in [1.82, 2.24) is 10.6 Å². The van der Waals surface area contributed by atoms with Crippen molar-refractivity contribution in [3.8, 4) is 0 Å². The van der Waals surface area contributed by atoms with Crippen molar-refractivity contribution in [3.05, 3.63) is 30.6 Å². The molecule has 0 aliphatic rings. The molecule has 0 saturated carbocycles. The van der Waals surface area contributed by atoms with Gasteiger partial charge in [0.05, 0.1) is 6.61 Å². The van der Waals surface area contributed by atoms with Gasteiger partial charge in [-0.3, -0.25) is 9.59 Å². The number of ether oxygens (including phenoxy) is 1. The van der Waals surface area contributed by atoms with Crippen molar-refractivity contribution in [2.75, 3.05) is 13.2 Å². The van der Waals surface area contributed by atoms with Crippen LogP contribution in [0.4, 0.5) is 0 Å². The van der Waals surface area contributed by atoms with Gasteiger partial charge in [0.25, 0.3) is 0 Å². The summed E-state index contributed by atoms with van der Waals surface area (Å²) in [6.07, 6.45) is 27.7. The van der Waals surface area contributed by atoms with Gasteiger partial charge in [-0.1, -0.05) is 96.5 Å². The molecule has 0 saturated heterocycles. The van der Waals surface area contributed by atoms with Crippen molar-refractivity contribution >= 4 is 17.8 Å². The minimum absolute atomic E-state index is 0.0780. The first kappa shape index (κ1) is 38.6. The fourth-order valence-corrected chi connectivity index (χ4v) is 5.37. The molecule has 0 aliphatic carbocycles. The lowest BCUT2D eigenvalue weighted by Gasteiger charge is -2.17. The maximum atomic E-state index is 12.5. The second kappa shape index (κ2) is 28.3. The number of hydrogen-bond acceptors (Lipinski definition) is 4. The number of aromatic nitrogens is 1. The van der Waals surface area contributed by atoms with Gasteiger partial charge in [0.15, 0.2) is 12.4 Å². The smallest absolute Gasteiger partial charge is 0.328 e. The predicted octanol–water partition coefficient (Wildman–Crippen LogP) is 7.74. The fraction of sp³-hybridized carbons (Fsp3) is 0.778. The predicted molar refractivity (Wildman–Crippen MR) is 175 cm³/mol. The topological polar surface area (TPSA) is 88.4 Å². The summed E-state index contributed by atoms with van der Waals surface area (Å²) in [5.74, 6) is -0.331. The highest BCUT2D eigenvalue weighted by atomic mass is 16.5. The summed E-state index contributed by atoms with van der Waals surface area (Å²) >= 11 is 0. The first-order valence-corrected chi connectivity index (χ1v) is 17.7. The van der Waals surface area contributed by atoms with Crippen LogP contribution >= 0.6 is 0 Å². The molecule has 0 radical (unpaired) electrons. The third-order valence-corrected chi connectivity index (χ3v) is 8.00. The van der Waals surface area contributed by atoms with Crippen LogP contribution in [-0.2, 0) is 25.7 Å². The van der Waals surface area contributed by atoms with Crippen LogP contribution in [-0.4, -0.2) is 37.0 Å². The van der Waals surface area contributed by atoms with Crippen LogP contribution in [0.5, 0.6) is 0 Å². The third-order valence-electron chi connectivity index (χ3n) is 8.00. The molecular weight excluding hydrogens is 538 g/mol. The van der Waals surface area contributed by atoms with Crippen LogP contribution in [0, 0.1) is 0 Å². The average Bonchev–Trinajstić information content (AvgIpc) is 3.01. The average molecular weight is 603 g/mol. The number of amides is 2. The summed E-state index contributed by atoms with van der Waals surface area (Å²) in [7, 11) is 0. The number of carbonyl (C=O) groups excluding carboxylic acids is 3. The molecule has 7 heteroatoms. The molecule has 1 aromatic heterocycles. The summed E-state index contributed by atoms with van der Waals surface area (Å²) in [5, 5.41) is 5.89. The molecule has 43 heavy (non-hydrogen) atoms. The van der Waals surface area contributed by atoms with E-state index in [0.29, 0.717) is 32.4 Å². The van der Waals surface area contributed by atoms with Crippen molar-refractivity contribution in [3.63, 3.8) is 0 Å². The van der Waals surface area contributed by atoms with E-state index in [1.807, 2.05) is 6.07 Å². The summed E-state index contributed by atoms with van der Waals surface area (Å²) < 4.78 is 7.43. The second-order valence-electron chi connectivity index (χ2n) is 12.0. The molecule has 0 unspecified atom stereocenters. The molecule has 0 spiro atoms. The summed E-state index contributed by atoms with van der Waals surface area (Å²) in [6, 6.07) is 5.57. The molecule has 7 nitrogen and oxygen atoms in total. The second-order valence-corrected chi connectivity index (χ2v) is 12.0. The number of aryl methyl sites for hydroxylation is 1. The normalized spacial score (nSPS) is 11.7. The van der Waals surface area contributed by atoms with Gasteiger partial charge in [-0.2, -0.15) is 0 Å². The number of hydrogen-bond donors (Lipinski definition) is 2. The molecule has 1 heterocycles. The van der Waals surface area contributed by atoms with E-state index in [0.717, 1.165) is 51.5 Å². The minimum atomic E-state index is -0.612. The van der Waals surface area contributed by atoms with Crippen molar-refractivity contribution in [1.29, 1.82) is 0 Å². The number of nitrogens with zero attached hydrogens (tertiary/aromatic N) is 1. The van der Waals surface area contributed by atoms with E-state index in [4.69, 9.17) is 4.74 Å². The molecule has 0 aromatic carbocycles. The maximum absolute atomic E-state index is 12.5. The van der Waals surface area contributed by atoms with E-state index >= 15 is 0 Å². The highest BCUT2D eigenvalue weighted by Crippen LogP contribution is 2.12. The summed E-state index contributed by atoms with van der Waals surface area (Å²) in [4.78, 5) is 37.0. The van der Waals surface area contributed by atoms with Gasteiger partial charge >= 0.3 is 5.97 Å². The van der Waals surface area contributed by atoms with E-state index in [2.05, 4.69) is 46.7 Å². The Balaban J connectivity index is 2.06. The molecule has 0 aliphatic heterocycles. The number of pyridine rings is 1. The molecule has 1 atom stereocenters. The number of carbonyl (C=O) groups is 3. The Hall–Kier alpha value is -2.44. The third kappa shape index (κ3) is 23.7. The Bertz CT molecular complexity index is 818. The van der Waals surface area contributed by atoms with Gasteiger partial charge in [0.1, 0.15) is 12.6 Å². The fourth-order valence-electron chi connectivity index (χ4n) is 5.37. The summed E-state index contributed by atoms with van der Waals surface area (Å²) in [6.45, 7) is 6.00. The van der Waals surface area contributed by atoms with Gasteiger partial charge in [-0.15, -0.1) is 0 Å². The van der Waals surface area contributed by atoms with Gasteiger partial charge in [0.2, 0.25) is 11.8 Å². The zero-order valence-corrected chi connectivity index (χ0v) is 27.7. The SMILES string of the molecule is CCCCCCCCCCCC(=O)NCCCC[C@H](NC(=O)CCCCCCCCCC[n+]1ccccc1)C(=O)OCC. The molecule has 1 rings (SSSR count). The summed E-state index contributed by atoms with van der Waals surface area (Å²) in [5.41, 5.74) is 0. The Morgan fingerprint density at radius 1 is 0.628 bits per heavy atom. The van der Waals surface area contributed by atoms with Gasteiger partial charge < -0.3 is 15.4 Å². The van der Waals surface area contributed by atoms with Crippen LogP contribution < -0.4 is 15.2 Å². The Morgan fingerprint density at radius 3 is 1.74 bits per heavy atom. The number of esters is 1. The molecule has 2 amide bonds. The number of nitrogens with one attached hydrogen (secondary N) is 2. The number of rotatable bonds is 29. The minimum Gasteiger partial charge on any atom is -0.464 e. The zero-order chi connectivity index (χ0) is 31.2. The van der Waals surface area contributed by atoms with Crippen LogP contribution in [0.25, 0.3) is 0 Å². The molecule has 246 valence electrons. The quantitative estimate of drug-likeness (QED) is 0.0558. The Labute approximate surface area is 263 Å². The van der Waals surface area contributed by atoms with E-state index in [1.54, 1.807) is 6.92 Å². The first-order valence-electron chi connectivity index (χ1n) is 17.7. The first-order chi connectivity index (χ1) is 21.1. The van der Waals surface area contributed by atoms with Crippen LogP contribution in [0.3, 0.4) is 0 Å².